The molecule has 5 rings (SSSR count). The molecule has 0 radical (unpaired) electrons. The molecule has 2 aliphatic carbocycles. The van der Waals surface area contributed by atoms with Gasteiger partial charge in [-0.3, -0.25) is 4.79 Å². The summed E-state index contributed by atoms with van der Waals surface area (Å²) in [5.74, 6) is 0.642. The van der Waals surface area contributed by atoms with Crippen LogP contribution < -0.4 is 15.0 Å². The molecular formula is C20H19F2N3O3. The molecule has 146 valence electrons. The van der Waals surface area contributed by atoms with E-state index in [4.69, 9.17) is 4.74 Å². The van der Waals surface area contributed by atoms with Crippen molar-refractivity contribution in [3.63, 3.8) is 0 Å². The molecule has 2 aromatic heterocycles. The van der Waals surface area contributed by atoms with E-state index in [1.54, 1.807) is 18.3 Å². The minimum atomic E-state index is -2.92. The number of aromatic nitrogens is 3. The van der Waals surface area contributed by atoms with Crippen LogP contribution in [0.5, 0.6) is 11.5 Å². The number of hydrogen-bond donors (Lipinski definition) is 1. The van der Waals surface area contributed by atoms with Crippen LogP contribution in [0, 0.1) is 0 Å². The Morgan fingerprint density at radius 3 is 2.68 bits per heavy atom. The molecule has 0 bridgehead atoms. The predicted molar refractivity (Wildman–Crippen MR) is 99.0 cm³/mol. The highest BCUT2D eigenvalue weighted by Crippen LogP contribution is 2.49. The molecule has 0 atom stereocenters. The van der Waals surface area contributed by atoms with Crippen molar-refractivity contribution in [2.75, 3.05) is 0 Å². The van der Waals surface area contributed by atoms with Gasteiger partial charge in [-0.1, -0.05) is 0 Å². The lowest BCUT2D eigenvalue weighted by Crippen LogP contribution is -2.08. The Bertz CT molecular complexity index is 1110. The number of hydrogen-bond acceptors (Lipinski definition) is 4. The van der Waals surface area contributed by atoms with Crippen LogP contribution in [0.2, 0.25) is 0 Å². The molecule has 2 saturated carbocycles. The summed E-state index contributed by atoms with van der Waals surface area (Å²) in [6.45, 7) is -2.92. The Labute approximate surface area is 159 Å². The first-order valence-corrected chi connectivity index (χ1v) is 9.34. The number of H-pyrrole nitrogens is 1. The molecule has 0 aliphatic heterocycles. The molecule has 2 heterocycles. The van der Waals surface area contributed by atoms with Crippen LogP contribution in [-0.2, 0) is 7.05 Å². The van der Waals surface area contributed by atoms with E-state index in [1.807, 2.05) is 11.6 Å². The number of aromatic amines is 1. The number of alkyl halides is 2. The molecule has 0 unspecified atom stereocenters. The SMILES string of the molecule is Cn1c(-c2ccc(OC(F)F)c(OC3CC3)c2)c(C2CC2)c2c(=O)[nH]ncc21. The Morgan fingerprint density at radius 1 is 1.21 bits per heavy atom. The van der Waals surface area contributed by atoms with Gasteiger partial charge in [0.2, 0.25) is 0 Å². The van der Waals surface area contributed by atoms with Crippen molar-refractivity contribution in [3.8, 4) is 22.8 Å². The summed E-state index contributed by atoms with van der Waals surface area (Å²) in [5.41, 5.74) is 3.21. The summed E-state index contributed by atoms with van der Waals surface area (Å²) in [4.78, 5) is 12.5. The van der Waals surface area contributed by atoms with Gasteiger partial charge in [0.1, 0.15) is 0 Å². The largest absolute Gasteiger partial charge is 0.487 e. The summed E-state index contributed by atoms with van der Waals surface area (Å²) in [7, 11) is 1.88. The number of benzene rings is 1. The quantitative estimate of drug-likeness (QED) is 0.695. The number of halogens is 2. The van der Waals surface area contributed by atoms with Crippen LogP contribution in [0.4, 0.5) is 8.78 Å². The first-order chi connectivity index (χ1) is 13.5. The lowest BCUT2D eigenvalue weighted by molar-refractivity contribution is -0.0516. The fraction of sp³-hybridized carbons (Fsp3) is 0.400. The summed E-state index contributed by atoms with van der Waals surface area (Å²) in [6, 6.07) is 4.98. The highest BCUT2D eigenvalue weighted by molar-refractivity contribution is 5.92. The fourth-order valence-electron chi connectivity index (χ4n) is 3.75. The topological polar surface area (TPSA) is 69.1 Å². The third-order valence-electron chi connectivity index (χ3n) is 5.29. The first-order valence-electron chi connectivity index (χ1n) is 9.34. The molecule has 6 nitrogen and oxygen atoms in total. The van der Waals surface area contributed by atoms with Gasteiger partial charge in [0.05, 0.1) is 28.9 Å². The number of rotatable bonds is 6. The van der Waals surface area contributed by atoms with Crippen molar-refractivity contribution in [1.82, 2.24) is 14.8 Å². The molecule has 0 saturated heterocycles. The molecule has 8 heteroatoms. The molecule has 28 heavy (non-hydrogen) atoms. The predicted octanol–water partition coefficient (Wildman–Crippen LogP) is 3.95. The van der Waals surface area contributed by atoms with E-state index >= 15 is 0 Å². The minimum absolute atomic E-state index is 0.0249. The van der Waals surface area contributed by atoms with Crippen LogP contribution in [0.1, 0.15) is 37.2 Å². The van der Waals surface area contributed by atoms with Gasteiger partial charge in [0.15, 0.2) is 11.5 Å². The van der Waals surface area contributed by atoms with Crippen molar-refractivity contribution in [2.24, 2.45) is 7.05 Å². The van der Waals surface area contributed by atoms with E-state index < -0.39 is 6.61 Å². The molecule has 1 N–H and O–H groups in total. The summed E-state index contributed by atoms with van der Waals surface area (Å²) >= 11 is 0. The fourth-order valence-corrected chi connectivity index (χ4v) is 3.75. The average molecular weight is 387 g/mol. The van der Waals surface area contributed by atoms with Gasteiger partial charge in [-0.25, -0.2) is 5.10 Å². The Hall–Kier alpha value is -2.90. The monoisotopic (exact) mass is 387 g/mol. The van der Waals surface area contributed by atoms with Crippen molar-refractivity contribution < 1.29 is 18.3 Å². The zero-order chi connectivity index (χ0) is 19.4. The van der Waals surface area contributed by atoms with Gasteiger partial charge < -0.3 is 14.0 Å². The summed E-state index contributed by atoms with van der Waals surface area (Å²) in [6.07, 6.45) is 5.53. The second-order valence-corrected chi connectivity index (χ2v) is 7.41. The second kappa shape index (κ2) is 6.32. The van der Waals surface area contributed by atoms with E-state index in [-0.39, 0.29) is 17.4 Å². The van der Waals surface area contributed by atoms with E-state index in [0.717, 1.165) is 48.0 Å². The van der Waals surface area contributed by atoms with Crippen molar-refractivity contribution in [3.05, 3.63) is 40.3 Å². The van der Waals surface area contributed by atoms with Crippen LogP contribution in [0.15, 0.2) is 29.2 Å². The number of nitrogens with one attached hydrogen (secondary N) is 1. The molecule has 0 spiro atoms. The molecule has 2 fully saturated rings. The molecule has 3 aromatic rings. The first kappa shape index (κ1) is 17.2. The molecular weight excluding hydrogens is 368 g/mol. The van der Waals surface area contributed by atoms with Crippen LogP contribution in [-0.4, -0.2) is 27.5 Å². The molecule has 2 aliphatic rings. The number of aryl methyl sites for hydroxylation is 1. The third-order valence-corrected chi connectivity index (χ3v) is 5.29. The van der Waals surface area contributed by atoms with Gasteiger partial charge in [-0.15, -0.1) is 0 Å². The van der Waals surface area contributed by atoms with Gasteiger partial charge in [-0.2, -0.15) is 13.9 Å². The third kappa shape index (κ3) is 2.93. The maximum atomic E-state index is 12.8. The highest BCUT2D eigenvalue weighted by atomic mass is 19.3. The van der Waals surface area contributed by atoms with Gasteiger partial charge in [-0.05, 0) is 55.4 Å². The van der Waals surface area contributed by atoms with Gasteiger partial charge >= 0.3 is 6.61 Å². The maximum absolute atomic E-state index is 12.8. The number of ether oxygens (including phenoxy) is 2. The summed E-state index contributed by atoms with van der Waals surface area (Å²) < 4.78 is 38.0. The van der Waals surface area contributed by atoms with Gasteiger partial charge in [0.25, 0.3) is 5.56 Å². The second-order valence-electron chi connectivity index (χ2n) is 7.41. The molecule has 1 aromatic carbocycles. The normalized spacial score (nSPS) is 16.7. The Morgan fingerprint density at radius 2 is 2.00 bits per heavy atom. The highest BCUT2D eigenvalue weighted by Gasteiger charge is 2.33. The zero-order valence-corrected chi connectivity index (χ0v) is 15.2. The molecule has 0 amide bonds. The standard InChI is InChI=1S/C20H19F2N3O3/c1-25-13-9-23-24-19(26)17(13)16(10-2-3-10)18(25)11-4-7-14(28-20(21)22)15(8-11)27-12-5-6-12/h4,7-10,12,20H,2-3,5-6H2,1H3,(H,24,26). The van der Waals surface area contributed by atoms with Crippen LogP contribution >= 0.6 is 0 Å². The van der Waals surface area contributed by atoms with Crippen molar-refractivity contribution in [2.45, 2.75) is 44.3 Å². The summed E-state index contributed by atoms with van der Waals surface area (Å²) in [5, 5.41) is 7.09. The number of fused-ring (bicyclic) bond motifs is 1. The van der Waals surface area contributed by atoms with Crippen molar-refractivity contribution in [1.29, 1.82) is 0 Å². The lowest BCUT2D eigenvalue weighted by Gasteiger charge is -2.15. The smallest absolute Gasteiger partial charge is 0.387 e. The average Bonchev–Trinajstić information content (AvgIpc) is 3.57. The number of nitrogens with zero attached hydrogens (tertiary/aromatic N) is 2. The van der Waals surface area contributed by atoms with E-state index in [9.17, 15) is 13.6 Å². The van der Waals surface area contributed by atoms with E-state index in [2.05, 4.69) is 14.9 Å². The van der Waals surface area contributed by atoms with E-state index in [1.165, 1.54) is 6.07 Å². The van der Waals surface area contributed by atoms with E-state index in [0.29, 0.717) is 17.1 Å². The van der Waals surface area contributed by atoms with Crippen LogP contribution in [0.3, 0.4) is 0 Å². The van der Waals surface area contributed by atoms with Crippen LogP contribution in [0.25, 0.3) is 22.2 Å². The Kier molecular flexibility index (Phi) is 3.89. The Balaban J connectivity index is 1.69. The maximum Gasteiger partial charge on any atom is 0.387 e. The lowest BCUT2D eigenvalue weighted by atomic mass is 10.0. The minimum Gasteiger partial charge on any atom is -0.487 e. The van der Waals surface area contributed by atoms with Gasteiger partial charge in [0, 0.05) is 12.6 Å². The van der Waals surface area contributed by atoms with Crippen molar-refractivity contribution >= 4 is 10.9 Å². The zero-order valence-electron chi connectivity index (χ0n) is 15.2.